The van der Waals surface area contributed by atoms with E-state index in [1.807, 2.05) is 6.20 Å². The van der Waals surface area contributed by atoms with Crippen molar-refractivity contribution in [2.45, 2.75) is 64.2 Å². The lowest BCUT2D eigenvalue weighted by molar-refractivity contribution is 0.163. The largest absolute Gasteiger partial charge is 0.354 e. The fourth-order valence-electron chi connectivity index (χ4n) is 6.31. The van der Waals surface area contributed by atoms with Crippen LogP contribution in [-0.2, 0) is 0 Å². The number of hydrogen-bond acceptors (Lipinski definition) is 3. The second kappa shape index (κ2) is 6.07. The number of aromatic nitrogens is 4. The Kier molecular flexibility index (Phi) is 3.47. The molecule has 5 unspecified atom stereocenters. The molecule has 3 aliphatic heterocycles. The molecular weight excluding hydrogens is 382 g/mol. The standard InChI is InChI=1S/C26H27N5/c1-14-6-18(7-15(2)28-14)26-16(3)22-5-4-17(8-23(22)29-26)19-12-27-30(13-19)20-9-21-11-25-24(10-20)31(21)25/h4-8,12-13,20-21,24-25,29H,9-11H2,1-3H3. The van der Waals surface area contributed by atoms with Crippen molar-refractivity contribution in [3.05, 3.63) is 59.7 Å². The van der Waals surface area contributed by atoms with E-state index < -0.39 is 0 Å². The smallest absolute Gasteiger partial charge is 0.0568 e. The van der Waals surface area contributed by atoms with Gasteiger partial charge in [0.25, 0.3) is 0 Å². The lowest BCUT2D eigenvalue weighted by Gasteiger charge is -2.33. The van der Waals surface area contributed by atoms with Crippen molar-refractivity contribution in [3.8, 4) is 22.4 Å². The van der Waals surface area contributed by atoms with E-state index in [4.69, 9.17) is 5.10 Å². The molecular formula is C26H27N5. The molecule has 4 aromatic rings. The average Bonchev–Trinajstić information content (AvgIpc) is 3.00. The van der Waals surface area contributed by atoms with Crippen LogP contribution in [0.3, 0.4) is 0 Å². The van der Waals surface area contributed by atoms with Gasteiger partial charge in [0.1, 0.15) is 0 Å². The maximum Gasteiger partial charge on any atom is 0.0568 e. The van der Waals surface area contributed by atoms with E-state index in [1.54, 1.807) is 0 Å². The third kappa shape index (κ3) is 2.59. The van der Waals surface area contributed by atoms with E-state index in [9.17, 15) is 0 Å². The number of benzene rings is 1. The molecule has 3 aliphatic rings. The van der Waals surface area contributed by atoms with Crippen LogP contribution in [0.2, 0.25) is 0 Å². The first-order valence-corrected chi connectivity index (χ1v) is 11.4. The van der Waals surface area contributed by atoms with Crippen molar-refractivity contribution in [2.24, 2.45) is 0 Å². The second-order valence-electron chi connectivity index (χ2n) is 9.83. The van der Waals surface area contributed by atoms with Gasteiger partial charge in [-0.2, -0.15) is 5.10 Å². The zero-order valence-corrected chi connectivity index (χ0v) is 18.3. The topological polar surface area (TPSA) is 49.5 Å². The number of rotatable bonds is 3. The van der Waals surface area contributed by atoms with Gasteiger partial charge in [-0.1, -0.05) is 12.1 Å². The molecule has 6 heterocycles. The van der Waals surface area contributed by atoms with Crippen molar-refractivity contribution >= 4 is 10.9 Å². The van der Waals surface area contributed by atoms with E-state index in [-0.39, 0.29) is 0 Å². The van der Waals surface area contributed by atoms with Crippen LogP contribution in [0, 0.1) is 20.8 Å². The highest BCUT2D eigenvalue weighted by Crippen LogP contribution is 2.55. The van der Waals surface area contributed by atoms with Gasteiger partial charge in [0, 0.05) is 63.4 Å². The quantitative estimate of drug-likeness (QED) is 0.475. The summed E-state index contributed by atoms with van der Waals surface area (Å²) in [6.07, 6.45) is 8.24. The summed E-state index contributed by atoms with van der Waals surface area (Å²) < 4.78 is 2.23. The number of H-pyrrole nitrogens is 1. The summed E-state index contributed by atoms with van der Waals surface area (Å²) in [5.74, 6) is 0. The summed E-state index contributed by atoms with van der Waals surface area (Å²) in [6.45, 7) is 6.31. The zero-order valence-electron chi connectivity index (χ0n) is 18.3. The summed E-state index contributed by atoms with van der Waals surface area (Å²) in [7, 11) is 0. The molecule has 3 saturated heterocycles. The first-order valence-electron chi connectivity index (χ1n) is 11.4. The van der Waals surface area contributed by atoms with Crippen LogP contribution in [0.1, 0.15) is 42.3 Å². The fraction of sp³-hybridized carbons (Fsp3) is 0.385. The third-order valence-corrected chi connectivity index (χ3v) is 7.85. The predicted octanol–water partition coefficient (Wildman–Crippen LogP) is 5.18. The van der Waals surface area contributed by atoms with E-state index in [0.29, 0.717) is 6.04 Å². The third-order valence-electron chi connectivity index (χ3n) is 7.85. The lowest BCUT2D eigenvalue weighted by Crippen LogP contribution is -2.37. The SMILES string of the molecule is Cc1cc(-c2[nH]c3cc(-c4cnn(C5CC6CC7C(C5)N67)c4)ccc3c2C)cc(C)n1. The molecule has 0 radical (unpaired) electrons. The Hall–Kier alpha value is -2.92. The predicted molar refractivity (Wildman–Crippen MR) is 123 cm³/mol. The number of nitrogens with zero attached hydrogens (tertiary/aromatic N) is 4. The van der Waals surface area contributed by atoms with Gasteiger partial charge < -0.3 is 4.98 Å². The Morgan fingerprint density at radius 1 is 0.871 bits per heavy atom. The minimum atomic E-state index is 0.564. The number of hydrogen-bond donors (Lipinski definition) is 1. The number of fused-ring (bicyclic) bond motifs is 2. The lowest BCUT2D eigenvalue weighted by atomic mass is 9.98. The van der Waals surface area contributed by atoms with Crippen LogP contribution in [0.5, 0.6) is 0 Å². The van der Waals surface area contributed by atoms with E-state index in [2.05, 4.69) is 76.8 Å². The summed E-state index contributed by atoms with van der Waals surface area (Å²) in [6, 6.07) is 14.2. The van der Waals surface area contributed by atoms with Gasteiger partial charge in [0.15, 0.2) is 0 Å². The maximum absolute atomic E-state index is 4.77. The van der Waals surface area contributed by atoms with Crippen molar-refractivity contribution < 1.29 is 0 Å². The maximum atomic E-state index is 4.77. The van der Waals surface area contributed by atoms with Gasteiger partial charge in [-0.3, -0.25) is 14.6 Å². The van der Waals surface area contributed by atoms with Gasteiger partial charge in [-0.25, -0.2) is 0 Å². The molecule has 0 saturated carbocycles. The Balaban J connectivity index is 1.23. The van der Waals surface area contributed by atoms with Crippen molar-refractivity contribution in [1.82, 2.24) is 24.6 Å². The van der Waals surface area contributed by atoms with Gasteiger partial charge in [0.2, 0.25) is 0 Å². The summed E-state index contributed by atoms with van der Waals surface area (Å²) in [5.41, 5.74) is 9.39. The van der Waals surface area contributed by atoms with Crippen LogP contribution in [0.15, 0.2) is 42.7 Å². The molecule has 31 heavy (non-hydrogen) atoms. The summed E-state index contributed by atoms with van der Waals surface area (Å²) in [4.78, 5) is 10.9. The molecule has 7 rings (SSSR count). The minimum Gasteiger partial charge on any atom is -0.354 e. The highest BCUT2D eigenvalue weighted by Gasteiger charge is 2.63. The fourth-order valence-corrected chi connectivity index (χ4v) is 6.31. The Labute approximate surface area is 182 Å². The molecule has 156 valence electrons. The molecule has 0 bridgehead atoms. The van der Waals surface area contributed by atoms with Gasteiger partial charge in [-0.15, -0.1) is 0 Å². The Bertz CT molecular complexity index is 1320. The summed E-state index contributed by atoms with van der Waals surface area (Å²) in [5, 5.41) is 6.05. The highest BCUT2D eigenvalue weighted by molar-refractivity contribution is 5.93. The average molecular weight is 410 g/mol. The van der Waals surface area contributed by atoms with Crippen LogP contribution >= 0.6 is 0 Å². The Morgan fingerprint density at radius 2 is 1.65 bits per heavy atom. The molecule has 3 fully saturated rings. The Morgan fingerprint density at radius 3 is 2.45 bits per heavy atom. The van der Waals surface area contributed by atoms with Crippen molar-refractivity contribution in [2.75, 3.05) is 0 Å². The molecule has 1 N–H and O–H groups in total. The number of nitrogens with one attached hydrogen (secondary N) is 1. The van der Waals surface area contributed by atoms with Crippen LogP contribution in [0.4, 0.5) is 0 Å². The molecule has 0 spiro atoms. The number of piperidine rings is 1. The first-order chi connectivity index (χ1) is 15.0. The van der Waals surface area contributed by atoms with Crippen LogP contribution in [-0.4, -0.2) is 42.8 Å². The van der Waals surface area contributed by atoms with Gasteiger partial charge >= 0.3 is 0 Å². The molecule has 1 aromatic carbocycles. The molecule has 5 heteroatoms. The number of aromatic amines is 1. The molecule has 0 amide bonds. The number of pyridine rings is 1. The van der Waals surface area contributed by atoms with Crippen LogP contribution < -0.4 is 0 Å². The van der Waals surface area contributed by atoms with Gasteiger partial charge in [-0.05, 0) is 69.4 Å². The second-order valence-corrected chi connectivity index (χ2v) is 9.83. The van der Waals surface area contributed by atoms with Crippen molar-refractivity contribution in [1.29, 1.82) is 0 Å². The van der Waals surface area contributed by atoms with Gasteiger partial charge in [0.05, 0.1) is 12.2 Å². The van der Waals surface area contributed by atoms with E-state index >= 15 is 0 Å². The summed E-state index contributed by atoms with van der Waals surface area (Å²) >= 11 is 0. The number of aryl methyl sites for hydroxylation is 3. The monoisotopic (exact) mass is 409 g/mol. The molecule has 5 nitrogen and oxygen atoms in total. The van der Waals surface area contributed by atoms with Crippen molar-refractivity contribution in [3.63, 3.8) is 0 Å². The highest BCUT2D eigenvalue weighted by atomic mass is 15.5. The van der Waals surface area contributed by atoms with Crippen LogP contribution in [0.25, 0.3) is 33.3 Å². The zero-order chi connectivity index (χ0) is 20.9. The van der Waals surface area contributed by atoms with E-state index in [1.165, 1.54) is 58.1 Å². The normalized spacial score (nSPS) is 28.4. The molecule has 5 atom stereocenters. The molecule has 3 aromatic heterocycles. The van der Waals surface area contributed by atoms with E-state index in [0.717, 1.165) is 29.5 Å². The minimum absolute atomic E-state index is 0.564. The first kappa shape index (κ1) is 17.7. The molecule has 0 aliphatic carbocycles.